The summed E-state index contributed by atoms with van der Waals surface area (Å²) in [5.41, 5.74) is 13.6. The van der Waals surface area contributed by atoms with Gasteiger partial charge in [0.05, 0.1) is 16.7 Å². The van der Waals surface area contributed by atoms with Crippen LogP contribution in [0.25, 0.3) is 56.0 Å². The van der Waals surface area contributed by atoms with Crippen molar-refractivity contribution in [1.29, 1.82) is 0 Å². The van der Waals surface area contributed by atoms with E-state index in [0.717, 1.165) is 45.5 Å². The Balaban J connectivity index is 1.17. The van der Waals surface area contributed by atoms with Crippen LogP contribution in [0.1, 0.15) is 16.7 Å². The monoisotopic (exact) mass is 671 g/mol. The van der Waals surface area contributed by atoms with Gasteiger partial charge in [-0.3, -0.25) is 4.57 Å². The zero-order valence-electron chi connectivity index (χ0n) is 29.4. The summed E-state index contributed by atoms with van der Waals surface area (Å²) in [6, 6.07) is 60.1. The minimum Gasteiger partial charge on any atom is -0.310 e. The van der Waals surface area contributed by atoms with Gasteiger partial charge in [-0.25, -0.2) is 0 Å². The van der Waals surface area contributed by atoms with E-state index in [-0.39, 0.29) is 0 Å². The van der Waals surface area contributed by atoms with Crippen LogP contribution in [0.5, 0.6) is 0 Å². The Kier molecular flexibility index (Phi) is 7.74. The number of hydrogen-bond acceptors (Lipinski definition) is 3. The van der Waals surface area contributed by atoms with Crippen molar-refractivity contribution in [2.24, 2.45) is 0 Å². The minimum atomic E-state index is 0.801. The molecule has 250 valence electrons. The molecule has 0 radical (unpaired) electrons. The van der Waals surface area contributed by atoms with Crippen LogP contribution in [0.15, 0.2) is 170 Å². The highest BCUT2D eigenvalue weighted by molar-refractivity contribution is 6.09. The highest BCUT2D eigenvalue weighted by Gasteiger charge is 2.21. The summed E-state index contributed by atoms with van der Waals surface area (Å²) in [6.45, 7) is 6.58. The molecule has 5 heteroatoms. The first-order valence-electron chi connectivity index (χ1n) is 17.7. The fraction of sp³-hybridized carbons (Fsp3) is 0.0638. The second kappa shape index (κ2) is 12.9. The molecule has 52 heavy (non-hydrogen) atoms. The molecular weight excluding hydrogens is 635 g/mol. The molecule has 0 bridgehead atoms. The smallest absolute Gasteiger partial charge is 0.168 e. The predicted octanol–water partition coefficient (Wildman–Crippen LogP) is 12.1. The summed E-state index contributed by atoms with van der Waals surface area (Å²) in [6.07, 6.45) is 0. The highest BCUT2D eigenvalue weighted by atomic mass is 15.3. The van der Waals surface area contributed by atoms with Crippen LogP contribution >= 0.6 is 0 Å². The number of anilines is 3. The summed E-state index contributed by atoms with van der Waals surface area (Å²) in [5.74, 6) is 1.60. The quantitative estimate of drug-likeness (QED) is 0.169. The lowest BCUT2D eigenvalue weighted by Gasteiger charge is -2.29. The molecule has 0 unspecified atom stereocenters. The Morgan fingerprint density at radius 1 is 0.423 bits per heavy atom. The third-order valence-electron chi connectivity index (χ3n) is 9.90. The zero-order valence-corrected chi connectivity index (χ0v) is 29.4. The van der Waals surface area contributed by atoms with Crippen LogP contribution in [-0.4, -0.2) is 19.3 Å². The van der Waals surface area contributed by atoms with Gasteiger partial charge in [0.1, 0.15) is 0 Å². The van der Waals surface area contributed by atoms with Gasteiger partial charge in [-0.2, -0.15) is 0 Å². The van der Waals surface area contributed by atoms with E-state index >= 15 is 0 Å². The standard InChI is InChI=1S/C47H37N5/c1-32-30-33(2)45(34(3)31-32)50(37-22-26-39(27-23-37)51-43-20-12-10-18-41(43)42-19-11-13-21-44(42)51)38-24-28-40(29-25-38)52-46(35-14-6-4-7-15-35)48-49-47(52)36-16-8-5-9-17-36/h4-31H,1-3H3. The molecule has 0 N–H and O–H groups in total. The minimum absolute atomic E-state index is 0.801. The number of aromatic nitrogens is 4. The van der Waals surface area contributed by atoms with Crippen molar-refractivity contribution in [3.05, 3.63) is 187 Å². The SMILES string of the molecule is Cc1cc(C)c(N(c2ccc(-n3c(-c4ccccc4)nnc3-c3ccccc3)cc2)c2ccc(-n3c4ccccc4c4ccccc43)cc2)c(C)c1. The molecule has 9 rings (SSSR count). The lowest BCUT2D eigenvalue weighted by Crippen LogP contribution is -2.13. The molecule has 0 fully saturated rings. The summed E-state index contributed by atoms with van der Waals surface area (Å²) >= 11 is 0. The van der Waals surface area contributed by atoms with Gasteiger partial charge >= 0.3 is 0 Å². The van der Waals surface area contributed by atoms with E-state index in [1.54, 1.807) is 0 Å². The molecule has 0 spiro atoms. The lowest BCUT2D eigenvalue weighted by molar-refractivity contribution is 1.07. The van der Waals surface area contributed by atoms with E-state index in [4.69, 9.17) is 10.2 Å². The second-order valence-electron chi connectivity index (χ2n) is 13.4. The van der Waals surface area contributed by atoms with Gasteiger partial charge in [-0.15, -0.1) is 10.2 Å². The van der Waals surface area contributed by atoms with Crippen molar-refractivity contribution in [2.45, 2.75) is 20.8 Å². The Labute approximate surface area is 303 Å². The van der Waals surface area contributed by atoms with E-state index in [0.29, 0.717) is 0 Å². The van der Waals surface area contributed by atoms with Crippen molar-refractivity contribution < 1.29 is 0 Å². The summed E-state index contributed by atoms with van der Waals surface area (Å²) in [5, 5.41) is 11.9. The molecule has 9 aromatic rings. The van der Waals surface area contributed by atoms with Gasteiger partial charge in [-0.1, -0.05) is 115 Å². The molecule has 0 aliphatic heterocycles. The van der Waals surface area contributed by atoms with Gasteiger partial charge in [0.15, 0.2) is 11.6 Å². The van der Waals surface area contributed by atoms with Gasteiger partial charge < -0.3 is 9.47 Å². The Morgan fingerprint density at radius 2 is 0.827 bits per heavy atom. The summed E-state index contributed by atoms with van der Waals surface area (Å²) < 4.78 is 4.52. The van der Waals surface area contributed by atoms with Crippen molar-refractivity contribution in [2.75, 3.05) is 4.90 Å². The maximum absolute atomic E-state index is 4.69. The number of nitrogens with zero attached hydrogens (tertiary/aromatic N) is 5. The summed E-state index contributed by atoms with van der Waals surface area (Å²) in [7, 11) is 0. The fourth-order valence-corrected chi connectivity index (χ4v) is 7.71. The van der Waals surface area contributed by atoms with E-state index < -0.39 is 0 Å². The molecular formula is C47H37N5. The largest absolute Gasteiger partial charge is 0.310 e. The number of hydrogen-bond donors (Lipinski definition) is 0. The average Bonchev–Trinajstić information content (AvgIpc) is 3.78. The van der Waals surface area contributed by atoms with Crippen molar-refractivity contribution in [3.8, 4) is 34.2 Å². The molecule has 7 aromatic carbocycles. The average molecular weight is 672 g/mol. The van der Waals surface area contributed by atoms with Gasteiger partial charge in [0.2, 0.25) is 0 Å². The Morgan fingerprint density at radius 3 is 1.29 bits per heavy atom. The highest BCUT2D eigenvalue weighted by Crippen LogP contribution is 2.41. The van der Waals surface area contributed by atoms with Gasteiger partial charge in [0, 0.05) is 44.6 Å². The van der Waals surface area contributed by atoms with Gasteiger partial charge in [-0.05, 0) is 92.6 Å². The first-order valence-corrected chi connectivity index (χ1v) is 17.7. The predicted molar refractivity (Wildman–Crippen MR) is 215 cm³/mol. The van der Waals surface area contributed by atoms with E-state index in [1.165, 1.54) is 44.2 Å². The van der Waals surface area contributed by atoms with Crippen LogP contribution in [-0.2, 0) is 0 Å². The maximum atomic E-state index is 4.69. The Bertz CT molecular complexity index is 2550. The molecule has 0 aliphatic rings. The van der Waals surface area contributed by atoms with Crippen LogP contribution < -0.4 is 4.90 Å². The maximum Gasteiger partial charge on any atom is 0.168 e. The molecule has 0 amide bonds. The third-order valence-corrected chi connectivity index (χ3v) is 9.90. The van der Waals surface area contributed by atoms with E-state index in [1.807, 2.05) is 36.4 Å². The number of aryl methyl sites for hydroxylation is 3. The van der Waals surface area contributed by atoms with Gasteiger partial charge in [0.25, 0.3) is 0 Å². The molecule has 0 aliphatic carbocycles. The number of fused-ring (bicyclic) bond motifs is 3. The fourth-order valence-electron chi connectivity index (χ4n) is 7.71. The van der Waals surface area contributed by atoms with Crippen LogP contribution in [0.2, 0.25) is 0 Å². The van der Waals surface area contributed by atoms with E-state index in [9.17, 15) is 0 Å². The third kappa shape index (κ3) is 5.35. The number of rotatable bonds is 7. The van der Waals surface area contributed by atoms with Crippen LogP contribution in [0.3, 0.4) is 0 Å². The van der Waals surface area contributed by atoms with Crippen molar-refractivity contribution >= 4 is 38.9 Å². The van der Waals surface area contributed by atoms with Crippen molar-refractivity contribution in [3.63, 3.8) is 0 Å². The first kappa shape index (κ1) is 31.3. The molecule has 0 saturated heterocycles. The Hall–Kier alpha value is -6.72. The lowest BCUT2D eigenvalue weighted by atomic mass is 10.0. The molecule has 2 aromatic heterocycles. The zero-order chi connectivity index (χ0) is 35.2. The molecule has 5 nitrogen and oxygen atoms in total. The summed E-state index contributed by atoms with van der Waals surface area (Å²) in [4.78, 5) is 2.38. The molecule has 0 saturated carbocycles. The normalized spacial score (nSPS) is 11.4. The number of para-hydroxylation sites is 2. The second-order valence-corrected chi connectivity index (χ2v) is 13.4. The topological polar surface area (TPSA) is 38.9 Å². The van der Waals surface area contributed by atoms with E-state index in [2.05, 4.69) is 168 Å². The first-order chi connectivity index (χ1) is 25.5. The molecule has 0 atom stereocenters. The van der Waals surface area contributed by atoms with Crippen molar-refractivity contribution in [1.82, 2.24) is 19.3 Å². The van der Waals surface area contributed by atoms with Crippen LogP contribution in [0.4, 0.5) is 17.1 Å². The molecule has 2 heterocycles. The number of benzene rings is 7. The van der Waals surface area contributed by atoms with Crippen LogP contribution in [0, 0.1) is 20.8 Å².